The zero-order valence-electron chi connectivity index (χ0n) is 39.8. The van der Waals surface area contributed by atoms with Gasteiger partial charge in [0, 0.05) is 88.2 Å². The lowest BCUT2D eigenvalue weighted by molar-refractivity contribution is -0.156. The molecule has 3 fully saturated rings. The zero-order chi connectivity index (χ0) is 47.6. The zero-order valence-corrected chi connectivity index (χ0v) is 41.4. The first kappa shape index (κ1) is 49.3. The Hall–Kier alpha value is -4.58. The molecule has 4 unspecified atom stereocenters. The highest BCUT2D eigenvalue weighted by Crippen LogP contribution is 2.55. The second-order valence-electron chi connectivity index (χ2n) is 19.7. The molecule has 1 aromatic heterocycles. The third-order valence-corrected chi connectivity index (χ3v) is 14.8. The minimum absolute atomic E-state index is 0.00456. The number of pyridine rings is 1. The van der Waals surface area contributed by atoms with E-state index in [1.807, 2.05) is 33.0 Å². The molecule has 17 heteroatoms. The first-order chi connectivity index (χ1) is 31.4. The molecule has 4 amide bonds. The summed E-state index contributed by atoms with van der Waals surface area (Å²) in [4.78, 5) is 82.1. The van der Waals surface area contributed by atoms with Gasteiger partial charge in [0.25, 0.3) is 5.91 Å². The van der Waals surface area contributed by atoms with Crippen molar-refractivity contribution < 1.29 is 38.2 Å². The minimum atomic E-state index is -1.08. The maximum absolute atomic E-state index is 14.8. The van der Waals surface area contributed by atoms with Crippen LogP contribution in [0.2, 0.25) is 0 Å². The third kappa shape index (κ3) is 10.4. The van der Waals surface area contributed by atoms with E-state index in [0.717, 1.165) is 29.2 Å². The molecule has 3 saturated heterocycles. The van der Waals surface area contributed by atoms with E-state index in [1.54, 1.807) is 19.1 Å². The topological polar surface area (TPSA) is 166 Å². The van der Waals surface area contributed by atoms with Crippen LogP contribution in [-0.2, 0) is 38.2 Å². The second-order valence-corrected chi connectivity index (χ2v) is 21.0. The van der Waals surface area contributed by atoms with Crippen LogP contribution in [-0.4, -0.2) is 145 Å². The van der Waals surface area contributed by atoms with E-state index in [-0.39, 0.29) is 66.7 Å². The number of carbonyl (C=O) groups excluding carboxylic acids is 5. The number of morpholine rings is 1. The number of cyclic esters (lactones) is 1. The molecule has 7 rings (SSSR count). The summed E-state index contributed by atoms with van der Waals surface area (Å²) in [6.07, 6.45) is 4.07. The van der Waals surface area contributed by atoms with Crippen LogP contribution in [0.15, 0.2) is 49.2 Å². The van der Waals surface area contributed by atoms with Gasteiger partial charge in [-0.2, -0.15) is 0 Å². The fourth-order valence-corrected chi connectivity index (χ4v) is 11.4. The lowest BCUT2D eigenvalue weighted by Crippen LogP contribution is -2.64. The number of hydrazine groups is 1. The third-order valence-electron chi connectivity index (χ3n) is 14.1. The molecule has 0 aliphatic carbocycles. The van der Waals surface area contributed by atoms with Crippen molar-refractivity contribution in [2.45, 2.75) is 114 Å². The van der Waals surface area contributed by atoms with Crippen molar-refractivity contribution in [3.63, 3.8) is 0 Å². The smallest absolute Gasteiger partial charge is 0.325 e. The first-order valence-corrected chi connectivity index (χ1v) is 24.5. The molecule has 6 bridgehead atoms. The molecule has 2 N–H and O–H groups in total. The minimum Gasteiger partial charge on any atom is -0.464 e. The summed E-state index contributed by atoms with van der Waals surface area (Å²) < 4.78 is 18.4. The van der Waals surface area contributed by atoms with Crippen LogP contribution in [0, 0.1) is 17.3 Å². The molecule has 0 spiro atoms. The Balaban J connectivity index is 1.22. The fraction of sp³-hybridized carbons (Fsp3) is 0.633. The number of likely N-dealkylation sites (N-methyl/N-ethyl adjacent to an activating group) is 2. The number of esters is 1. The van der Waals surface area contributed by atoms with Crippen LogP contribution in [0.1, 0.15) is 102 Å². The number of aromatic nitrogens is 1. The number of likely N-dealkylation sites (tertiary alicyclic amines) is 1. The van der Waals surface area contributed by atoms with Crippen LogP contribution in [0.25, 0.3) is 0 Å². The average molecular weight is 978 g/mol. The summed E-state index contributed by atoms with van der Waals surface area (Å²) in [7, 11) is 3.31. The predicted molar refractivity (Wildman–Crippen MR) is 255 cm³/mol. The Bertz CT molecular complexity index is 2140. The van der Waals surface area contributed by atoms with Crippen molar-refractivity contribution in [2.75, 3.05) is 76.4 Å². The highest BCUT2D eigenvalue weighted by atomic mass is 79.9. The van der Waals surface area contributed by atoms with Gasteiger partial charge in [-0.3, -0.25) is 34.0 Å². The molecular formula is C49H69BrN8O8. The number of hydrogen-bond donors (Lipinski definition) is 2. The van der Waals surface area contributed by atoms with Crippen molar-refractivity contribution in [2.24, 2.45) is 17.3 Å². The van der Waals surface area contributed by atoms with Crippen molar-refractivity contribution in [3.05, 3.63) is 66.0 Å². The summed E-state index contributed by atoms with van der Waals surface area (Å²) in [5.41, 5.74) is 8.07. The molecule has 5 aliphatic rings. The number of alkyl halides is 1. The normalized spacial score (nSPS) is 27.7. The van der Waals surface area contributed by atoms with Gasteiger partial charge in [-0.1, -0.05) is 56.3 Å². The summed E-state index contributed by atoms with van der Waals surface area (Å²) >= 11 is 3.71. The Labute approximate surface area is 398 Å². The van der Waals surface area contributed by atoms with E-state index in [4.69, 9.17) is 19.2 Å². The van der Waals surface area contributed by atoms with Gasteiger partial charge in [0.2, 0.25) is 17.7 Å². The largest absolute Gasteiger partial charge is 0.464 e. The Morgan fingerprint density at radius 2 is 1.88 bits per heavy atom. The Kier molecular flexibility index (Phi) is 15.5. The van der Waals surface area contributed by atoms with Gasteiger partial charge in [0.15, 0.2) is 0 Å². The monoisotopic (exact) mass is 976 g/mol. The SMILES string of the molecule is C=CC(=O)N1CC[C@H](C(=O)N(C)[C@H](C(=O)NC2C[C@@H]3CN(CCO3)c3ccc4c(c3)C(CC(C)(C)COC(=O)[C@@H]3CC(Br)CN(N3)C2=O)C(c2cccnc2[C@H](C)OC)N4CC)C(C)C)C1. The quantitative estimate of drug-likeness (QED) is 0.189. The van der Waals surface area contributed by atoms with Gasteiger partial charge in [0.1, 0.15) is 18.1 Å². The van der Waals surface area contributed by atoms with Crippen LogP contribution in [0.3, 0.4) is 0 Å². The molecule has 16 nitrogen and oxygen atoms in total. The van der Waals surface area contributed by atoms with Gasteiger partial charge in [-0.25, -0.2) is 5.43 Å². The number of nitrogens with zero attached hydrogens (tertiary/aromatic N) is 6. The molecular weight excluding hydrogens is 908 g/mol. The molecule has 360 valence electrons. The number of fused-ring (bicyclic) bond motifs is 6. The molecule has 5 aliphatic heterocycles. The average Bonchev–Trinajstić information content (AvgIpc) is 3.92. The number of rotatable bonds is 10. The molecule has 2 aromatic rings. The van der Waals surface area contributed by atoms with E-state index in [2.05, 4.69) is 88.1 Å². The van der Waals surface area contributed by atoms with Gasteiger partial charge in [0.05, 0.1) is 43.1 Å². The summed E-state index contributed by atoms with van der Waals surface area (Å²) in [5.74, 6) is -2.64. The van der Waals surface area contributed by atoms with E-state index in [0.29, 0.717) is 45.5 Å². The number of carbonyl (C=O) groups is 5. The number of halogens is 1. The molecule has 66 heavy (non-hydrogen) atoms. The van der Waals surface area contributed by atoms with E-state index in [9.17, 15) is 24.0 Å². The maximum Gasteiger partial charge on any atom is 0.325 e. The van der Waals surface area contributed by atoms with Gasteiger partial charge in [-0.05, 0) is 85.9 Å². The van der Waals surface area contributed by atoms with Crippen molar-refractivity contribution in [1.82, 2.24) is 30.5 Å². The van der Waals surface area contributed by atoms with Crippen molar-refractivity contribution in [1.29, 1.82) is 0 Å². The standard InChI is InChI=1S/C49H69BrN8O8/c1-10-41(59)56-18-16-31(25-56)46(61)54(8)43(29(3)4)45(60)52-38-23-34-27-55(19-20-65-34)33-14-15-40-36(22-33)37(44(57(40)11-2)35-13-12-17-51-42(35)30(5)64-9)24-49(6,7)28-66-48(63)39-21-32(50)26-58(53-39)47(38)62/h10,12-15,17,22,29-32,34,37-39,43-44,53H,1,11,16,18-21,23-28H2,2-9H3,(H,52,60)/t30-,31-,32?,34+,37?,38?,39-,43-,44?/m0/s1. The number of amides is 4. The van der Waals surface area contributed by atoms with Crippen LogP contribution >= 0.6 is 15.9 Å². The first-order valence-electron chi connectivity index (χ1n) is 23.6. The summed E-state index contributed by atoms with van der Waals surface area (Å²) in [6.45, 7) is 19.1. The van der Waals surface area contributed by atoms with E-state index < -0.39 is 53.3 Å². The molecule has 0 radical (unpaired) electrons. The van der Waals surface area contributed by atoms with Crippen molar-refractivity contribution >= 4 is 56.9 Å². The van der Waals surface area contributed by atoms with Gasteiger partial charge in [-0.15, -0.1) is 0 Å². The van der Waals surface area contributed by atoms with Crippen LogP contribution in [0.5, 0.6) is 0 Å². The van der Waals surface area contributed by atoms with Crippen LogP contribution < -0.4 is 20.5 Å². The van der Waals surface area contributed by atoms with E-state index >= 15 is 0 Å². The lowest BCUT2D eigenvalue weighted by Gasteiger charge is -2.40. The van der Waals surface area contributed by atoms with Crippen molar-refractivity contribution in [3.8, 4) is 0 Å². The predicted octanol–water partition coefficient (Wildman–Crippen LogP) is 4.89. The molecule has 1 aromatic carbocycles. The maximum atomic E-state index is 14.8. The summed E-state index contributed by atoms with van der Waals surface area (Å²) in [6, 6.07) is 7.92. The van der Waals surface area contributed by atoms with E-state index in [1.165, 1.54) is 21.5 Å². The number of ether oxygens (including phenoxy) is 3. The molecule has 9 atom stereocenters. The number of hydrogen-bond acceptors (Lipinski definition) is 12. The fourth-order valence-electron chi connectivity index (χ4n) is 10.8. The molecule has 0 saturated carbocycles. The number of methoxy groups -OCH3 is 1. The number of benzene rings is 1. The van der Waals surface area contributed by atoms with Crippen LogP contribution in [0.4, 0.5) is 11.4 Å². The summed E-state index contributed by atoms with van der Waals surface area (Å²) in [5, 5.41) is 4.47. The number of anilines is 2. The number of nitrogens with one attached hydrogen (secondary N) is 2. The highest BCUT2D eigenvalue weighted by molar-refractivity contribution is 9.09. The molecule has 6 heterocycles. The van der Waals surface area contributed by atoms with Gasteiger partial charge >= 0.3 is 5.97 Å². The van der Waals surface area contributed by atoms with Gasteiger partial charge < -0.3 is 39.1 Å². The highest BCUT2D eigenvalue weighted by Gasteiger charge is 2.46. The lowest BCUT2D eigenvalue weighted by atomic mass is 9.76. The Morgan fingerprint density at radius 3 is 2.59 bits per heavy atom. The second kappa shape index (κ2) is 20.7. The Morgan fingerprint density at radius 1 is 1.11 bits per heavy atom.